The average Bonchev–Trinajstić information content (AvgIpc) is 2.94. The minimum absolute atomic E-state index is 0.00942. The molecule has 0 aliphatic rings. The molecule has 5 N–H and O–H groups in total. The third kappa shape index (κ3) is 13.9. The van der Waals surface area contributed by atoms with Crippen molar-refractivity contribution < 1.29 is 53.6 Å². The van der Waals surface area contributed by atoms with Crippen LogP contribution in [-0.2, 0) is 60.9 Å². The summed E-state index contributed by atoms with van der Waals surface area (Å²) in [6.07, 6.45) is 2.67. The van der Waals surface area contributed by atoms with Crippen LogP contribution < -0.4 is 11.2 Å². The number of aryl methyl sites for hydroxylation is 1. The van der Waals surface area contributed by atoms with Gasteiger partial charge in [0.05, 0.1) is 50.7 Å². The van der Waals surface area contributed by atoms with E-state index in [0.717, 1.165) is 20.8 Å². The van der Waals surface area contributed by atoms with Crippen LogP contribution in [0.5, 0.6) is 0 Å². The molecule has 0 saturated carbocycles. The topological polar surface area (TPSA) is 259 Å². The second-order valence-electron chi connectivity index (χ2n) is 10.4. The van der Waals surface area contributed by atoms with Crippen molar-refractivity contribution in [3.63, 3.8) is 0 Å². The molecule has 19 heteroatoms. The maximum atomic E-state index is 12.8. The molecule has 46 heavy (non-hydrogen) atoms. The number of unbranched alkanes of at least 4 members (excludes halogenated alkanes) is 2. The summed E-state index contributed by atoms with van der Waals surface area (Å²) in [4.78, 5) is 86.0. The summed E-state index contributed by atoms with van der Waals surface area (Å²) in [5, 5.41) is 36.9. The van der Waals surface area contributed by atoms with Crippen LogP contribution in [-0.4, -0.2) is 112 Å². The van der Waals surface area contributed by atoms with Crippen LogP contribution in [0, 0.1) is 0 Å². The lowest BCUT2D eigenvalue weighted by atomic mass is 10.1. The Morgan fingerprint density at radius 3 is 2.09 bits per heavy atom. The summed E-state index contributed by atoms with van der Waals surface area (Å²) < 4.78 is 17.8. The first kappa shape index (κ1) is 38.1. The molecule has 2 rings (SSSR count). The zero-order valence-corrected chi connectivity index (χ0v) is 25.9. The highest BCUT2D eigenvalue weighted by Crippen LogP contribution is 2.18. The molecular weight excluding hydrogens is 633 g/mol. The van der Waals surface area contributed by atoms with Gasteiger partial charge in [-0.2, -0.15) is 0 Å². The number of hydrogen-bond donors (Lipinski definition) is 5. The van der Waals surface area contributed by atoms with Crippen molar-refractivity contribution in [2.75, 3.05) is 32.8 Å². The van der Waals surface area contributed by atoms with Gasteiger partial charge in [-0.3, -0.25) is 47.7 Å². The SMILES string of the molecule is O=CCN(CC(=O)O)Cc1cc(CCCCCn2c(=O)ccn(CC(CO)O[PH](=O)O)c2=O)cc(CN(CC(=O)O)CC(=O)O)n1. The molecule has 0 fully saturated rings. The number of carboxylic acid groups (broad SMARTS) is 3. The van der Waals surface area contributed by atoms with E-state index >= 15 is 0 Å². The van der Waals surface area contributed by atoms with Gasteiger partial charge in [0, 0.05) is 31.9 Å². The molecule has 2 aromatic heterocycles. The molecule has 0 amide bonds. The number of aromatic nitrogens is 3. The molecule has 0 aliphatic carbocycles. The third-order valence-corrected chi connectivity index (χ3v) is 7.07. The minimum atomic E-state index is -3.36. The Hall–Kier alpha value is -4.06. The zero-order chi connectivity index (χ0) is 34.2. The zero-order valence-electron chi connectivity index (χ0n) is 24.9. The van der Waals surface area contributed by atoms with Gasteiger partial charge >= 0.3 is 31.9 Å². The first-order valence-electron chi connectivity index (χ1n) is 14.1. The molecule has 254 valence electrons. The van der Waals surface area contributed by atoms with Gasteiger partial charge in [-0.25, -0.2) is 4.79 Å². The predicted molar refractivity (Wildman–Crippen MR) is 159 cm³/mol. The quantitative estimate of drug-likeness (QED) is 0.0519. The molecule has 18 nitrogen and oxygen atoms in total. The molecule has 0 aliphatic heterocycles. The van der Waals surface area contributed by atoms with E-state index in [9.17, 15) is 53.8 Å². The van der Waals surface area contributed by atoms with E-state index in [1.165, 1.54) is 16.0 Å². The molecule has 2 atom stereocenters. The van der Waals surface area contributed by atoms with Crippen molar-refractivity contribution in [2.45, 2.75) is 58.0 Å². The number of carboxylic acids is 3. The minimum Gasteiger partial charge on any atom is -0.480 e. The maximum absolute atomic E-state index is 12.8. The summed E-state index contributed by atoms with van der Waals surface area (Å²) >= 11 is 0. The van der Waals surface area contributed by atoms with Crippen molar-refractivity contribution in [1.82, 2.24) is 23.9 Å². The predicted octanol–water partition coefficient (Wildman–Crippen LogP) is -1.37. The second-order valence-corrected chi connectivity index (χ2v) is 11.1. The second kappa shape index (κ2) is 19.5. The number of aldehydes is 1. The van der Waals surface area contributed by atoms with Crippen LogP contribution >= 0.6 is 8.25 Å². The van der Waals surface area contributed by atoms with Gasteiger partial charge in [0.15, 0.2) is 0 Å². The fourth-order valence-electron chi connectivity index (χ4n) is 4.69. The standard InChI is InChI=1S/C27H38N5O13P/c33-9-8-29(15-24(36)37)12-20-10-19(11-21(28-20)13-30(16-25(38)39)17-26(40)41)4-2-1-3-6-32-23(35)5-7-31(27(32)42)14-22(18-34)45-46(43)44/h5,7,9-11,22,34,46H,1-4,6,8,12-18H2,(H,36,37)(H,38,39)(H,40,41)(H,43,44). The lowest BCUT2D eigenvalue weighted by Crippen LogP contribution is -2.41. The first-order chi connectivity index (χ1) is 21.8. The Morgan fingerprint density at radius 2 is 1.54 bits per heavy atom. The van der Waals surface area contributed by atoms with Gasteiger partial charge < -0.3 is 34.6 Å². The highest BCUT2D eigenvalue weighted by molar-refractivity contribution is 7.32. The van der Waals surface area contributed by atoms with E-state index < -0.39 is 69.8 Å². The lowest BCUT2D eigenvalue weighted by molar-refractivity contribution is -0.142. The highest BCUT2D eigenvalue weighted by Gasteiger charge is 2.18. The number of nitrogens with zero attached hydrogens (tertiary/aromatic N) is 5. The largest absolute Gasteiger partial charge is 0.480 e. The van der Waals surface area contributed by atoms with Crippen LogP contribution in [0.3, 0.4) is 0 Å². The average molecular weight is 672 g/mol. The lowest BCUT2D eigenvalue weighted by Gasteiger charge is -2.20. The van der Waals surface area contributed by atoms with Crippen LogP contribution in [0.2, 0.25) is 0 Å². The van der Waals surface area contributed by atoms with Gasteiger partial charge in [0.2, 0.25) is 0 Å². The van der Waals surface area contributed by atoms with Crippen molar-refractivity contribution in [3.05, 3.63) is 62.2 Å². The Kier molecular flexibility index (Phi) is 16.1. The monoisotopic (exact) mass is 671 g/mol. The maximum Gasteiger partial charge on any atom is 0.331 e. The number of carbonyl (C=O) groups excluding carboxylic acids is 1. The van der Waals surface area contributed by atoms with Gasteiger partial charge in [0.1, 0.15) is 12.4 Å². The molecule has 0 aromatic carbocycles. The van der Waals surface area contributed by atoms with Gasteiger partial charge in [0.25, 0.3) is 5.56 Å². The highest BCUT2D eigenvalue weighted by atomic mass is 31.1. The van der Waals surface area contributed by atoms with Crippen LogP contribution in [0.25, 0.3) is 0 Å². The van der Waals surface area contributed by atoms with E-state index in [1.807, 2.05) is 0 Å². The number of carbonyl (C=O) groups is 4. The molecule has 0 spiro atoms. The van der Waals surface area contributed by atoms with Gasteiger partial charge in [-0.15, -0.1) is 0 Å². The summed E-state index contributed by atoms with van der Waals surface area (Å²) in [5.41, 5.74) is 0.266. The Labute approximate surface area is 263 Å². The van der Waals surface area contributed by atoms with E-state index in [4.69, 9.17) is 9.42 Å². The number of aliphatic hydroxyl groups excluding tert-OH is 1. The summed E-state index contributed by atoms with van der Waals surface area (Å²) in [6, 6.07) is 4.55. The third-order valence-electron chi connectivity index (χ3n) is 6.53. The van der Waals surface area contributed by atoms with Crippen LogP contribution in [0.4, 0.5) is 0 Å². The normalized spacial score (nSPS) is 12.7. The van der Waals surface area contributed by atoms with Crippen molar-refractivity contribution in [1.29, 1.82) is 0 Å². The first-order valence-corrected chi connectivity index (χ1v) is 15.4. The van der Waals surface area contributed by atoms with Crippen LogP contribution in [0.15, 0.2) is 34.0 Å². The van der Waals surface area contributed by atoms with Crippen LogP contribution in [0.1, 0.15) is 36.2 Å². The van der Waals surface area contributed by atoms with E-state index in [2.05, 4.69) is 4.98 Å². The summed E-state index contributed by atoms with van der Waals surface area (Å²) in [5.74, 6) is -3.62. The Morgan fingerprint density at radius 1 is 0.957 bits per heavy atom. The Balaban J connectivity index is 2.17. The smallest absolute Gasteiger partial charge is 0.331 e. The van der Waals surface area contributed by atoms with Gasteiger partial charge in [-0.05, 0) is 37.0 Å². The molecule has 0 bridgehead atoms. The van der Waals surface area contributed by atoms with E-state index in [1.54, 1.807) is 12.1 Å². The molecule has 0 radical (unpaired) electrons. The van der Waals surface area contributed by atoms with Crippen molar-refractivity contribution >= 4 is 32.4 Å². The summed E-state index contributed by atoms with van der Waals surface area (Å²) in [6.45, 7) is -2.63. The number of hydrogen-bond acceptors (Lipinski definition) is 12. The molecular formula is C27H38N5O13P. The molecule has 2 unspecified atom stereocenters. The van der Waals surface area contributed by atoms with Crippen molar-refractivity contribution in [2.24, 2.45) is 0 Å². The fourth-order valence-corrected chi connectivity index (χ4v) is 5.12. The molecule has 2 heterocycles. The number of rotatable bonds is 23. The Bertz CT molecular complexity index is 1480. The molecule has 2 aromatic rings. The van der Waals surface area contributed by atoms with Crippen molar-refractivity contribution in [3.8, 4) is 0 Å². The number of pyridine rings is 1. The number of aliphatic carboxylic acids is 3. The molecule has 0 saturated heterocycles. The summed E-state index contributed by atoms with van der Waals surface area (Å²) in [7, 11) is -3.36. The fraction of sp³-hybridized carbons (Fsp3) is 0.519. The van der Waals surface area contributed by atoms with Gasteiger partial charge in [-0.1, -0.05) is 6.42 Å². The van der Waals surface area contributed by atoms with E-state index in [0.29, 0.717) is 43.4 Å². The van der Waals surface area contributed by atoms with E-state index in [-0.39, 0.29) is 32.7 Å². The number of aliphatic hydroxyl groups is 1.